The Labute approximate surface area is 154 Å². The summed E-state index contributed by atoms with van der Waals surface area (Å²) in [5.41, 5.74) is 0.974. The smallest absolute Gasteiger partial charge is 0.233 e. The van der Waals surface area contributed by atoms with Crippen molar-refractivity contribution in [3.8, 4) is 0 Å². The van der Waals surface area contributed by atoms with Crippen LogP contribution in [0.15, 0.2) is 48.4 Å². The van der Waals surface area contributed by atoms with Crippen LogP contribution in [0.1, 0.15) is 18.0 Å². The van der Waals surface area contributed by atoms with Gasteiger partial charge in [-0.25, -0.2) is 4.98 Å². The number of carbonyl (C=O) groups excluding carboxylic acids is 1. The predicted molar refractivity (Wildman–Crippen MR) is 102 cm³/mol. The van der Waals surface area contributed by atoms with Crippen molar-refractivity contribution in [1.29, 1.82) is 0 Å². The number of thiazole rings is 1. The molecule has 0 radical (unpaired) electrons. The maximum atomic E-state index is 12.5. The van der Waals surface area contributed by atoms with Crippen LogP contribution in [0.2, 0.25) is 0 Å². The highest BCUT2D eigenvalue weighted by Crippen LogP contribution is 2.29. The zero-order valence-corrected chi connectivity index (χ0v) is 15.8. The van der Waals surface area contributed by atoms with E-state index < -0.39 is 0 Å². The summed E-state index contributed by atoms with van der Waals surface area (Å²) in [6.45, 7) is 6.34. The molecule has 1 amide bonds. The van der Waals surface area contributed by atoms with E-state index in [9.17, 15) is 4.79 Å². The molecule has 0 spiro atoms. The first-order valence-corrected chi connectivity index (χ1v) is 9.63. The molecule has 25 heavy (non-hydrogen) atoms. The van der Waals surface area contributed by atoms with Crippen molar-refractivity contribution in [2.75, 3.05) is 12.8 Å². The highest BCUT2D eigenvalue weighted by molar-refractivity contribution is 7.99. The summed E-state index contributed by atoms with van der Waals surface area (Å²) >= 11 is 3.01. The van der Waals surface area contributed by atoms with Crippen molar-refractivity contribution in [3.05, 3.63) is 48.3 Å². The maximum Gasteiger partial charge on any atom is 0.233 e. The van der Waals surface area contributed by atoms with Crippen LogP contribution in [0.25, 0.3) is 10.2 Å². The summed E-state index contributed by atoms with van der Waals surface area (Å²) in [6.07, 6.45) is 3.42. The minimum Gasteiger partial charge on any atom is -0.336 e. The molecule has 130 valence electrons. The first-order valence-electron chi connectivity index (χ1n) is 7.82. The molecule has 0 fully saturated rings. The number of hydrogen-bond donors (Lipinski definition) is 0. The summed E-state index contributed by atoms with van der Waals surface area (Å²) in [4.78, 5) is 18.9. The molecule has 0 aliphatic carbocycles. The van der Waals surface area contributed by atoms with Gasteiger partial charge in [-0.2, -0.15) is 0 Å². The number of fused-ring (bicyclic) bond motifs is 1. The lowest BCUT2D eigenvalue weighted by atomic mass is 10.3. The third-order valence-corrected chi connectivity index (χ3v) is 6.05. The van der Waals surface area contributed by atoms with Crippen molar-refractivity contribution >= 4 is 39.2 Å². The molecule has 3 aromatic rings. The summed E-state index contributed by atoms with van der Waals surface area (Å²) < 4.78 is 3.00. The molecular formula is C17H19N5OS2. The Morgan fingerprint density at radius 1 is 1.48 bits per heavy atom. The molecule has 2 aromatic heterocycles. The number of benzene rings is 1. The van der Waals surface area contributed by atoms with Crippen molar-refractivity contribution in [2.24, 2.45) is 0 Å². The molecule has 0 N–H and O–H groups in total. The summed E-state index contributed by atoms with van der Waals surface area (Å²) in [5.74, 6) is 0.339. The molecule has 0 unspecified atom stereocenters. The highest BCUT2D eigenvalue weighted by atomic mass is 32.2. The fourth-order valence-corrected chi connectivity index (χ4v) is 4.21. The van der Waals surface area contributed by atoms with Gasteiger partial charge >= 0.3 is 0 Å². The van der Waals surface area contributed by atoms with E-state index in [2.05, 4.69) is 21.8 Å². The number of thioether (sulfide) groups is 1. The van der Waals surface area contributed by atoms with Gasteiger partial charge in [0.2, 0.25) is 5.91 Å². The van der Waals surface area contributed by atoms with Crippen LogP contribution in [0, 0.1) is 0 Å². The topological polar surface area (TPSA) is 63.9 Å². The van der Waals surface area contributed by atoms with E-state index in [4.69, 9.17) is 0 Å². The average Bonchev–Trinajstić information content (AvgIpc) is 3.25. The molecule has 8 heteroatoms. The van der Waals surface area contributed by atoms with Crippen molar-refractivity contribution in [2.45, 2.75) is 24.7 Å². The van der Waals surface area contributed by atoms with E-state index in [-0.39, 0.29) is 11.9 Å². The first kappa shape index (κ1) is 17.6. The fraction of sp³-hybridized carbons (Fsp3) is 0.294. The Kier molecular flexibility index (Phi) is 5.50. The van der Waals surface area contributed by atoms with Crippen LogP contribution in [0.3, 0.4) is 0 Å². The zero-order valence-electron chi connectivity index (χ0n) is 14.1. The van der Waals surface area contributed by atoms with Gasteiger partial charge in [0.25, 0.3) is 0 Å². The number of hydrogen-bond acceptors (Lipinski definition) is 6. The first-order chi connectivity index (χ1) is 12.1. The molecule has 0 bridgehead atoms. The second-order valence-corrected chi connectivity index (χ2v) is 7.55. The van der Waals surface area contributed by atoms with E-state index in [1.165, 1.54) is 11.8 Å². The average molecular weight is 374 g/mol. The van der Waals surface area contributed by atoms with Gasteiger partial charge in [-0.3, -0.25) is 4.79 Å². The van der Waals surface area contributed by atoms with Gasteiger partial charge in [-0.05, 0) is 19.1 Å². The van der Waals surface area contributed by atoms with Gasteiger partial charge in [-0.1, -0.05) is 30.0 Å². The highest BCUT2D eigenvalue weighted by Gasteiger charge is 2.21. The molecule has 1 aromatic carbocycles. The number of aromatic nitrogens is 4. The van der Waals surface area contributed by atoms with Gasteiger partial charge in [0, 0.05) is 13.6 Å². The SMILES string of the molecule is C=CCn1cnnc1SCC(=O)N(C)[C@H](C)c1nc2ccccc2s1. The Balaban J connectivity index is 1.64. The molecule has 0 saturated carbocycles. The van der Waals surface area contributed by atoms with E-state index in [0.717, 1.165) is 15.2 Å². The standard InChI is InChI=1S/C17H19N5OS2/c1-4-9-22-11-18-20-17(22)24-10-15(23)21(3)12(2)16-19-13-7-5-6-8-14(13)25-16/h4-8,11-12H,1,9-10H2,2-3H3/t12-/m1/s1. The van der Waals surface area contributed by atoms with Crippen LogP contribution in [0.5, 0.6) is 0 Å². The van der Waals surface area contributed by atoms with Gasteiger partial charge in [-0.15, -0.1) is 28.1 Å². The number of carbonyl (C=O) groups is 1. The Bertz CT molecular complexity index is 855. The fourth-order valence-electron chi connectivity index (χ4n) is 2.30. The van der Waals surface area contributed by atoms with E-state index in [1.807, 2.05) is 42.8 Å². The van der Waals surface area contributed by atoms with Crippen LogP contribution < -0.4 is 0 Å². The lowest BCUT2D eigenvalue weighted by Crippen LogP contribution is -2.31. The maximum absolute atomic E-state index is 12.5. The van der Waals surface area contributed by atoms with E-state index >= 15 is 0 Å². The second-order valence-electron chi connectivity index (χ2n) is 5.54. The van der Waals surface area contributed by atoms with Crippen molar-refractivity contribution in [3.63, 3.8) is 0 Å². The Hall–Kier alpha value is -2.19. The third kappa shape index (κ3) is 3.91. The molecule has 2 heterocycles. The lowest BCUT2D eigenvalue weighted by molar-refractivity contribution is -0.128. The van der Waals surface area contributed by atoms with E-state index in [1.54, 1.807) is 28.6 Å². The van der Waals surface area contributed by atoms with Gasteiger partial charge < -0.3 is 9.47 Å². The predicted octanol–water partition coefficient (Wildman–Crippen LogP) is 3.39. The number of rotatable bonds is 7. The largest absolute Gasteiger partial charge is 0.336 e. The summed E-state index contributed by atoms with van der Waals surface area (Å²) in [7, 11) is 1.81. The number of nitrogens with zero attached hydrogens (tertiary/aromatic N) is 5. The minimum absolute atomic E-state index is 0.0323. The van der Waals surface area contributed by atoms with Crippen molar-refractivity contribution in [1.82, 2.24) is 24.6 Å². The molecule has 1 atom stereocenters. The summed E-state index contributed by atoms with van der Waals surface area (Å²) in [5, 5.41) is 9.59. The molecule has 0 aliphatic heterocycles. The molecule has 0 saturated heterocycles. The number of para-hydroxylation sites is 1. The van der Waals surface area contributed by atoms with Crippen LogP contribution in [0.4, 0.5) is 0 Å². The molecular weight excluding hydrogens is 354 g/mol. The van der Waals surface area contributed by atoms with Gasteiger partial charge in [0.05, 0.1) is 22.0 Å². The zero-order chi connectivity index (χ0) is 17.8. The molecule has 0 aliphatic rings. The normalized spacial score (nSPS) is 12.2. The van der Waals surface area contributed by atoms with Gasteiger partial charge in [0.15, 0.2) is 5.16 Å². The molecule has 6 nitrogen and oxygen atoms in total. The van der Waals surface area contributed by atoms with Crippen molar-refractivity contribution < 1.29 is 4.79 Å². The minimum atomic E-state index is -0.0726. The lowest BCUT2D eigenvalue weighted by Gasteiger charge is -2.23. The van der Waals surface area contributed by atoms with Crippen LogP contribution in [-0.4, -0.2) is 43.4 Å². The Morgan fingerprint density at radius 3 is 3.04 bits per heavy atom. The number of amides is 1. The molecule has 3 rings (SSSR count). The van der Waals surface area contributed by atoms with Gasteiger partial charge in [0.1, 0.15) is 11.3 Å². The quantitative estimate of drug-likeness (QED) is 0.469. The summed E-state index contributed by atoms with van der Waals surface area (Å²) in [6, 6.07) is 7.94. The van der Waals surface area contributed by atoms with Crippen LogP contribution >= 0.6 is 23.1 Å². The third-order valence-electron chi connectivity index (χ3n) is 3.87. The van der Waals surface area contributed by atoms with Crippen LogP contribution in [-0.2, 0) is 11.3 Å². The second kappa shape index (κ2) is 7.79. The van der Waals surface area contributed by atoms with E-state index in [0.29, 0.717) is 17.5 Å². The monoisotopic (exact) mass is 373 g/mol. The number of allylic oxidation sites excluding steroid dienone is 1. The Morgan fingerprint density at radius 2 is 2.28 bits per heavy atom.